The number of pyridine rings is 1. The van der Waals surface area contributed by atoms with Gasteiger partial charge in [0.05, 0.1) is 17.7 Å². The van der Waals surface area contributed by atoms with E-state index in [4.69, 9.17) is 16.3 Å². The van der Waals surface area contributed by atoms with Gasteiger partial charge in [-0.05, 0) is 23.8 Å². The summed E-state index contributed by atoms with van der Waals surface area (Å²) in [7, 11) is 3.36. The van der Waals surface area contributed by atoms with E-state index >= 15 is 0 Å². The molecule has 0 N–H and O–H groups in total. The second-order valence-electron chi connectivity index (χ2n) is 5.18. The van der Waals surface area contributed by atoms with Crippen molar-refractivity contribution in [3.05, 3.63) is 69.5 Å². The molecule has 2 aromatic carbocycles. The van der Waals surface area contributed by atoms with Crippen LogP contribution in [0.25, 0.3) is 22.0 Å². The van der Waals surface area contributed by atoms with E-state index in [1.54, 1.807) is 24.8 Å². The third kappa shape index (κ3) is 2.43. The standard InChI is InChI=1S/C18H16ClNO2/c1-20-16-9-8-13(19)10-14(16)17(12-6-4-3-5-7-12)15(11-22-2)18(20)21/h3-10H,11H2,1-2H3. The van der Waals surface area contributed by atoms with Gasteiger partial charge in [-0.2, -0.15) is 0 Å². The Labute approximate surface area is 133 Å². The maximum atomic E-state index is 12.7. The van der Waals surface area contributed by atoms with Gasteiger partial charge in [-0.1, -0.05) is 41.9 Å². The zero-order valence-corrected chi connectivity index (χ0v) is 13.2. The molecule has 112 valence electrons. The molecule has 0 aliphatic carbocycles. The Morgan fingerprint density at radius 1 is 1.14 bits per heavy atom. The summed E-state index contributed by atoms with van der Waals surface area (Å²) in [5.74, 6) is 0. The first-order valence-electron chi connectivity index (χ1n) is 6.99. The van der Waals surface area contributed by atoms with Crippen LogP contribution in [0.15, 0.2) is 53.3 Å². The number of benzene rings is 2. The van der Waals surface area contributed by atoms with Gasteiger partial charge in [0.25, 0.3) is 5.56 Å². The Morgan fingerprint density at radius 3 is 2.55 bits per heavy atom. The average Bonchev–Trinajstić information content (AvgIpc) is 2.53. The van der Waals surface area contributed by atoms with Crippen molar-refractivity contribution in [3.63, 3.8) is 0 Å². The smallest absolute Gasteiger partial charge is 0.256 e. The topological polar surface area (TPSA) is 31.2 Å². The van der Waals surface area contributed by atoms with E-state index in [9.17, 15) is 4.79 Å². The Hall–Kier alpha value is -2.10. The zero-order valence-electron chi connectivity index (χ0n) is 12.5. The molecule has 0 spiro atoms. The van der Waals surface area contributed by atoms with Gasteiger partial charge in [0.1, 0.15) is 0 Å². The molecule has 1 aromatic heterocycles. The van der Waals surface area contributed by atoms with E-state index in [0.717, 1.165) is 22.0 Å². The molecule has 1 heterocycles. The van der Waals surface area contributed by atoms with E-state index in [1.807, 2.05) is 42.5 Å². The minimum Gasteiger partial charge on any atom is -0.380 e. The van der Waals surface area contributed by atoms with Crippen molar-refractivity contribution in [3.8, 4) is 11.1 Å². The Bertz CT molecular complexity index is 885. The van der Waals surface area contributed by atoms with Crippen LogP contribution in [0.2, 0.25) is 5.02 Å². The van der Waals surface area contributed by atoms with E-state index < -0.39 is 0 Å². The lowest BCUT2D eigenvalue weighted by atomic mass is 9.96. The lowest BCUT2D eigenvalue weighted by Crippen LogP contribution is -2.23. The number of hydrogen-bond donors (Lipinski definition) is 0. The van der Waals surface area contributed by atoms with Crippen LogP contribution in [-0.4, -0.2) is 11.7 Å². The highest BCUT2D eigenvalue weighted by Gasteiger charge is 2.16. The lowest BCUT2D eigenvalue weighted by Gasteiger charge is -2.16. The van der Waals surface area contributed by atoms with Gasteiger partial charge in [-0.15, -0.1) is 0 Å². The van der Waals surface area contributed by atoms with E-state index in [2.05, 4.69) is 0 Å². The fourth-order valence-electron chi connectivity index (χ4n) is 2.80. The largest absolute Gasteiger partial charge is 0.380 e. The average molecular weight is 314 g/mol. The summed E-state index contributed by atoms with van der Waals surface area (Å²) in [5.41, 5.74) is 3.33. The van der Waals surface area contributed by atoms with Crippen molar-refractivity contribution in [2.45, 2.75) is 6.61 Å². The first-order valence-corrected chi connectivity index (χ1v) is 7.36. The molecule has 0 bridgehead atoms. The fraction of sp³-hybridized carbons (Fsp3) is 0.167. The molecule has 3 rings (SSSR count). The summed E-state index contributed by atoms with van der Waals surface area (Å²) in [5, 5.41) is 1.60. The quantitative estimate of drug-likeness (QED) is 0.731. The number of methoxy groups -OCH3 is 1. The first kappa shape index (κ1) is 14.8. The number of halogens is 1. The number of ether oxygens (including phenoxy) is 1. The van der Waals surface area contributed by atoms with E-state index in [1.165, 1.54) is 0 Å². The Morgan fingerprint density at radius 2 is 1.86 bits per heavy atom. The summed E-state index contributed by atoms with van der Waals surface area (Å²) in [6.07, 6.45) is 0. The summed E-state index contributed by atoms with van der Waals surface area (Å²) in [6.45, 7) is 0.263. The van der Waals surface area contributed by atoms with Gasteiger partial charge in [0, 0.05) is 30.1 Å². The van der Waals surface area contributed by atoms with Crippen LogP contribution in [0.1, 0.15) is 5.56 Å². The molecule has 3 aromatic rings. The molecule has 22 heavy (non-hydrogen) atoms. The highest BCUT2D eigenvalue weighted by molar-refractivity contribution is 6.31. The maximum absolute atomic E-state index is 12.7. The molecule has 0 aliphatic heterocycles. The molecule has 0 fully saturated rings. The van der Waals surface area contributed by atoms with E-state index in [-0.39, 0.29) is 12.2 Å². The lowest BCUT2D eigenvalue weighted by molar-refractivity contribution is 0.184. The van der Waals surface area contributed by atoms with Crippen LogP contribution in [0.5, 0.6) is 0 Å². The first-order chi connectivity index (χ1) is 10.6. The van der Waals surface area contributed by atoms with Crippen LogP contribution in [-0.2, 0) is 18.4 Å². The zero-order chi connectivity index (χ0) is 15.7. The number of nitrogens with zero attached hydrogens (tertiary/aromatic N) is 1. The molecule has 3 nitrogen and oxygen atoms in total. The molecular formula is C18H16ClNO2. The van der Waals surface area contributed by atoms with Crippen molar-refractivity contribution in [1.82, 2.24) is 4.57 Å². The summed E-state index contributed by atoms with van der Waals surface area (Å²) >= 11 is 6.18. The van der Waals surface area contributed by atoms with Gasteiger partial charge >= 0.3 is 0 Å². The predicted molar refractivity (Wildman–Crippen MR) is 90.3 cm³/mol. The number of aryl methyl sites for hydroxylation is 1. The molecule has 4 heteroatoms. The molecule has 0 unspecified atom stereocenters. The minimum absolute atomic E-state index is 0.0458. The molecule has 0 amide bonds. The number of aromatic nitrogens is 1. The molecule has 0 aliphatic rings. The summed E-state index contributed by atoms with van der Waals surface area (Å²) < 4.78 is 6.90. The second-order valence-corrected chi connectivity index (χ2v) is 5.61. The van der Waals surface area contributed by atoms with Crippen LogP contribution >= 0.6 is 11.6 Å². The highest BCUT2D eigenvalue weighted by Crippen LogP contribution is 2.32. The molecular weight excluding hydrogens is 298 g/mol. The molecule has 0 saturated carbocycles. The summed E-state index contributed by atoms with van der Waals surface area (Å²) in [4.78, 5) is 12.7. The van der Waals surface area contributed by atoms with Crippen LogP contribution < -0.4 is 5.56 Å². The Balaban J connectivity index is 2.50. The van der Waals surface area contributed by atoms with Crippen LogP contribution in [0, 0.1) is 0 Å². The normalized spacial score (nSPS) is 11.0. The van der Waals surface area contributed by atoms with E-state index in [0.29, 0.717) is 10.6 Å². The van der Waals surface area contributed by atoms with Gasteiger partial charge in [-0.25, -0.2) is 0 Å². The number of fused-ring (bicyclic) bond motifs is 1. The molecule has 0 saturated heterocycles. The number of rotatable bonds is 3. The predicted octanol–water partition coefficient (Wildman–Crippen LogP) is 4.01. The fourth-order valence-corrected chi connectivity index (χ4v) is 2.97. The highest BCUT2D eigenvalue weighted by atomic mass is 35.5. The monoisotopic (exact) mass is 313 g/mol. The van der Waals surface area contributed by atoms with Crippen LogP contribution in [0.3, 0.4) is 0 Å². The van der Waals surface area contributed by atoms with Crippen molar-refractivity contribution >= 4 is 22.5 Å². The van der Waals surface area contributed by atoms with Crippen molar-refractivity contribution in [1.29, 1.82) is 0 Å². The molecule has 0 atom stereocenters. The number of hydrogen-bond acceptors (Lipinski definition) is 2. The third-order valence-electron chi connectivity index (χ3n) is 3.81. The van der Waals surface area contributed by atoms with Crippen LogP contribution in [0.4, 0.5) is 0 Å². The third-order valence-corrected chi connectivity index (χ3v) is 4.04. The van der Waals surface area contributed by atoms with Gasteiger partial charge < -0.3 is 9.30 Å². The van der Waals surface area contributed by atoms with Crippen molar-refractivity contribution < 1.29 is 4.74 Å². The van der Waals surface area contributed by atoms with Crippen molar-refractivity contribution in [2.24, 2.45) is 7.05 Å². The van der Waals surface area contributed by atoms with Gasteiger partial charge in [-0.3, -0.25) is 4.79 Å². The van der Waals surface area contributed by atoms with Gasteiger partial charge in [0.2, 0.25) is 0 Å². The van der Waals surface area contributed by atoms with Crippen molar-refractivity contribution in [2.75, 3.05) is 7.11 Å². The summed E-state index contributed by atoms with van der Waals surface area (Å²) in [6, 6.07) is 15.4. The Kier molecular flexibility index (Phi) is 4.01. The molecule has 0 radical (unpaired) electrons. The SMILES string of the molecule is COCc1c(-c2ccccc2)c2cc(Cl)ccc2n(C)c1=O. The minimum atomic E-state index is -0.0458. The maximum Gasteiger partial charge on any atom is 0.256 e. The van der Waals surface area contributed by atoms with Gasteiger partial charge in [0.15, 0.2) is 0 Å². The second kappa shape index (κ2) is 5.95.